The van der Waals surface area contributed by atoms with Crippen LogP contribution in [-0.4, -0.2) is 14.7 Å². The van der Waals surface area contributed by atoms with Crippen molar-refractivity contribution in [2.75, 3.05) is 0 Å². The average molecular weight is 191 g/mol. The number of allylic oxidation sites excluding steroid dienone is 2. The quantitative estimate of drug-likeness (QED) is 0.569. The van der Waals surface area contributed by atoms with Gasteiger partial charge < -0.3 is 10.2 Å². The maximum absolute atomic E-state index is 9.17. The van der Waals surface area contributed by atoms with Crippen LogP contribution < -0.4 is 0 Å². The molecule has 2 N–H and O–H groups in total. The Morgan fingerprint density at radius 2 is 2.33 bits per heavy atom. The van der Waals surface area contributed by atoms with Gasteiger partial charge in [0.25, 0.3) is 0 Å². The maximum Gasteiger partial charge on any atom is 0.145 e. The van der Waals surface area contributed by atoms with Gasteiger partial charge in [-0.1, -0.05) is 6.08 Å². The van der Waals surface area contributed by atoms with Crippen molar-refractivity contribution in [2.45, 2.75) is 10.9 Å². The summed E-state index contributed by atoms with van der Waals surface area (Å²) < 4.78 is -1.04. The first kappa shape index (κ1) is 6.83. The smallest absolute Gasteiger partial charge is 0.145 e. The fourth-order valence-corrected chi connectivity index (χ4v) is 1.12. The Bertz CT molecular complexity index is 170. The summed E-state index contributed by atoms with van der Waals surface area (Å²) in [6.45, 7) is 0. The minimum atomic E-state index is -1.04. The zero-order valence-corrected chi connectivity index (χ0v) is 6.30. The molecule has 0 radical (unpaired) electrons. The molecular weight excluding hydrogens is 184 g/mol. The first-order valence-corrected chi connectivity index (χ1v) is 3.38. The van der Waals surface area contributed by atoms with Crippen molar-refractivity contribution in [1.82, 2.24) is 0 Å². The molecule has 1 atom stereocenters. The van der Waals surface area contributed by atoms with Gasteiger partial charge in [0, 0.05) is 6.42 Å². The number of hydrogen-bond acceptors (Lipinski definition) is 2. The highest BCUT2D eigenvalue weighted by molar-refractivity contribution is 9.10. The lowest BCUT2D eigenvalue weighted by Crippen LogP contribution is -2.18. The Balaban J connectivity index is 2.73. The van der Waals surface area contributed by atoms with Crippen LogP contribution in [0, 0.1) is 0 Å². The van der Waals surface area contributed by atoms with Crippen molar-refractivity contribution in [2.24, 2.45) is 0 Å². The molecule has 0 aromatic rings. The van der Waals surface area contributed by atoms with Crippen molar-refractivity contribution in [1.29, 1.82) is 0 Å². The van der Waals surface area contributed by atoms with Gasteiger partial charge in [-0.3, -0.25) is 0 Å². The standard InChI is InChI=1S/C6H7BrO2/c7-6(9)3-1-2-5(8)4-6/h1-3,8-9H,4H2. The second-order valence-corrected chi connectivity index (χ2v) is 3.39. The van der Waals surface area contributed by atoms with E-state index < -0.39 is 4.51 Å². The third-order valence-corrected chi connectivity index (χ3v) is 1.61. The van der Waals surface area contributed by atoms with Crippen LogP contribution in [0.4, 0.5) is 0 Å². The SMILES string of the molecule is OC1=CC=CC(O)(Br)C1. The third kappa shape index (κ3) is 1.84. The van der Waals surface area contributed by atoms with E-state index in [9.17, 15) is 5.11 Å². The van der Waals surface area contributed by atoms with Crippen LogP contribution in [0.3, 0.4) is 0 Å². The molecule has 0 aliphatic heterocycles. The summed E-state index contributed by atoms with van der Waals surface area (Å²) >= 11 is 3.00. The van der Waals surface area contributed by atoms with Gasteiger partial charge in [0.2, 0.25) is 0 Å². The number of aliphatic hydroxyl groups excluding tert-OH is 1. The van der Waals surface area contributed by atoms with Crippen LogP contribution in [-0.2, 0) is 0 Å². The summed E-state index contributed by atoms with van der Waals surface area (Å²) in [4.78, 5) is 0. The zero-order valence-electron chi connectivity index (χ0n) is 4.71. The van der Waals surface area contributed by atoms with E-state index in [-0.39, 0.29) is 12.2 Å². The van der Waals surface area contributed by atoms with Crippen LogP contribution in [0.2, 0.25) is 0 Å². The van der Waals surface area contributed by atoms with Crippen LogP contribution >= 0.6 is 15.9 Å². The van der Waals surface area contributed by atoms with Crippen LogP contribution in [0.5, 0.6) is 0 Å². The van der Waals surface area contributed by atoms with E-state index in [1.807, 2.05) is 0 Å². The molecule has 3 heteroatoms. The van der Waals surface area contributed by atoms with E-state index >= 15 is 0 Å². The van der Waals surface area contributed by atoms with Gasteiger partial charge in [-0.15, -0.1) is 0 Å². The first-order valence-electron chi connectivity index (χ1n) is 2.59. The van der Waals surface area contributed by atoms with Crippen LogP contribution in [0.1, 0.15) is 6.42 Å². The number of rotatable bonds is 0. The van der Waals surface area contributed by atoms with Crippen molar-refractivity contribution in [3.05, 3.63) is 24.0 Å². The maximum atomic E-state index is 9.17. The molecule has 9 heavy (non-hydrogen) atoms. The Morgan fingerprint density at radius 3 is 2.67 bits per heavy atom. The molecule has 2 nitrogen and oxygen atoms in total. The van der Waals surface area contributed by atoms with E-state index in [4.69, 9.17) is 5.11 Å². The van der Waals surface area contributed by atoms with Gasteiger partial charge in [-0.05, 0) is 28.1 Å². The van der Waals surface area contributed by atoms with E-state index in [0.29, 0.717) is 0 Å². The van der Waals surface area contributed by atoms with Gasteiger partial charge in [-0.25, -0.2) is 0 Å². The molecule has 0 bridgehead atoms. The number of aliphatic hydroxyl groups is 2. The van der Waals surface area contributed by atoms with Crippen molar-refractivity contribution in [3.63, 3.8) is 0 Å². The Kier molecular flexibility index (Phi) is 1.64. The van der Waals surface area contributed by atoms with Gasteiger partial charge >= 0.3 is 0 Å². The summed E-state index contributed by atoms with van der Waals surface area (Å²) in [6.07, 6.45) is 4.97. The Morgan fingerprint density at radius 1 is 1.67 bits per heavy atom. The molecule has 0 aromatic carbocycles. The summed E-state index contributed by atoms with van der Waals surface area (Å²) in [5, 5.41) is 18.0. The lowest BCUT2D eigenvalue weighted by Gasteiger charge is -2.18. The van der Waals surface area contributed by atoms with E-state index in [1.54, 1.807) is 18.2 Å². The lowest BCUT2D eigenvalue weighted by atomic mass is 10.1. The predicted molar refractivity (Wildman–Crippen MR) is 38.3 cm³/mol. The van der Waals surface area contributed by atoms with E-state index in [0.717, 1.165) is 0 Å². The second-order valence-electron chi connectivity index (χ2n) is 2.01. The molecule has 1 rings (SSSR count). The molecule has 1 unspecified atom stereocenters. The van der Waals surface area contributed by atoms with E-state index in [2.05, 4.69) is 15.9 Å². The van der Waals surface area contributed by atoms with Gasteiger partial charge in [-0.2, -0.15) is 0 Å². The normalized spacial score (nSPS) is 34.2. The molecule has 0 fully saturated rings. The fraction of sp³-hybridized carbons (Fsp3) is 0.333. The summed E-state index contributed by atoms with van der Waals surface area (Å²) in [5.41, 5.74) is 0. The monoisotopic (exact) mass is 190 g/mol. The number of alkyl halides is 1. The summed E-state index contributed by atoms with van der Waals surface area (Å²) in [7, 11) is 0. The topological polar surface area (TPSA) is 40.5 Å². The predicted octanol–water partition coefficient (Wildman–Crippen LogP) is 1.47. The van der Waals surface area contributed by atoms with Crippen molar-refractivity contribution >= 4 is 15.9 Å². The van der Waals surface area contributed by atoms with Gasteiger partial charge in [0.05, 0.1) is 5.76 Å². The van der Waals surface area contributed by atoms with E-state index in [1.165, 1.54) is 0 Å². The highest BCUT2D eigenvalue weighted by Crippen LogP contribution is 2.26. The average Bonchev–Trinajstić information content (AvgIpc) is 1.60. The molecule has 50 valence electrons. The van der Waals surface area contributed by atoms with Crippen molar-refractivity contribution < 1.29 is 10.2 Å². The van der Waals surface area contributed by atoms with Crippen LogP contribution in [0.25, 0.3) is 0 Å². The van der Waals surface area contributed by atoms with Crippen LogP contribution in [0.15, 0.2) is 24.0 Å². The molecule has 1 aliphatic carbocycles. The highest BCUT2D eigenvalue weighted by atomic mass is 79.9. The fourth-order valence-electron chi connectivity index (χ4n) is 0.679. The second kappa shape index (κ2) is 2.15. The first-order chi connectivity index (χ1) is 4.10. The molecular formula is C6H7BrO2. The Labute approximate surface area is 61.6 Å². The highest BCUT2D eigenvalue weighted by Gasteiger charge is 2.22. The lowest BCUT2D eigenvalue weighted by molar-refractivity contribution is 0.174. The molecule has 0 heterocycles. The molecule has 0 amide bonds. The van der Waals surface area contributed by atoms with Crippen molar-refractivity contribution in [3.8, 4) is 0 Å². The minimum absolute atomic E-state index is 0.192. The minimum Gasteiger partial charge on any atom is -0.512 e. The number of halogens is 1. The van der Waals surface area contributed by atoms with Gasteiger partial charge in [0.15, 0.2) is 0 Å². The molecule has 0 saturated heterocycles. The molecule has 1 aliphatic rings. The summed E-state index contributed by atoms with van der Waals surface area (Å²) in [6, 6.07) is 0. The molecule has 0 spiro atoms. The Hall–Kier alpha value is -0.280. The number of hydrogen-bond donors (Lipinski definition) is 2. The summed E-state index contributed by atoms with van der Waals surface area (Å²) in [5.74, 6) is 0.192. The molecule has 0 aromatic heterocycles. The van der Waals surface area contributed by atoms with Gasteiger partial charge in [0.1, 0.15) is 4.51 Å². The third-order valence-electron chi connectivity index (χ3n) is 1.07. The largest absolute Gasteiger partial charge is 0.512 e. The zero-order chi connectivity index (χ0) is 6.91. The molecule has 0 saturated carbocycles.